The van der Waals surface area contributed by atoms with Crippen molar-refractivity contribution in [2.24, 2.45) is 0 Å². The number of para-hydroxylation sites is 1. The highest BCUT2D eigenvalue weighted by Gasteiger charge is 2.27. The third-order valence-electron chi connectivity index (χ3n) is 4.22. The maximum atomic E-state index is 12.2. The zero-order chi connectivity index (χ0) is 19.5. The number of sulfonamides is 1. The van der Waals surface area contributed by atoms with E-state index in [4.69, 9.17) is 4.74 Å². The zero-order valence-electron chi connectivity index (χ0n) is 16.2. The summed E-state index contributed by atoms with van der Waals surface area (Å²) in [7, 11) is -1.66. The van der Waals surface area contributed by atoms with Gasteiger partial charge < -0.3 is 14.5 Å². The summed E-state index contributed by atoms with van der Waals surface area (Å²) in [6, 6.07) is 7.79. The Morgan fingerprint density at radius 2 is 1.73 bits per heavy atom. The predicted octanol–water partition coefficient (Wildman–Crippen LogP) is 2.14. The molecule has 0 N–H and O–H groups in total. The molecule has 1 amide bonds. The lowest BCUT2D eigenvalue weighted by Crippen LogP contribution is -2.50. The number of amides is 1. The van der Waals surface area contributed by atoms with Crippen LogP contribution in [0.1, 0.15) is 26.3 Å². The van der Waals surface area contributed by atoms with Gasteiger partial charge in [-0.2, -0.15) is 0 Å². The summed E-state index contributed by atoms with van der Waals surface area (Å²) in [5.74, 6) is 0. The van der Waals surface area contributed by atoms with Crippen molar-refractivity contribution in [3.8, 4) is 0 Å². The van der Waals surface area contributed by atoms with E-state index in [2.05, 4.69) is 4.90 Å². The molecule has 0 saturated carbocycles. The van der Waals surface area contributed by atoms with Crippen LogP contribution in [0.4, 0.5) is 10.5 Å². The molecule has 1 aromatic rings. The minimum atomic E-state index is -3.24. The van der Waals surface area contributed by atoms with Crippen molar-refractivity contribution in [2.45, 2.75) is 32.9 Å². The van der Waals surface area contributed by atoms with Gasteiger partial charge >= 0.3 is 6.09 Å². The number of nitrogens with zero attached hydrogens (tertiary/aromatic N) is 3. The van der Waals surface area contributed by atoms with E-state index in [1.165, 1.54) is 10.6 Å². The SMILES string of the molecule is CN(Cc1ccccc1N1CCN(C(=O)OC(C)(C)C)CC1)S(C)(=O)=O. The van der Waals surface area contributed by atoms with Crippen LogP contribution >= 0.6 is 0 Å². The summed E-state index contributed by atoms with van der Waals surface area (Å²) in [5.41, 5.74) is 1.45. The van der Waals surface area contributed by atoms with E-state index in [0.29, 0.717) is 32.7 Å². The van der Waals surface area contributed by atoms with E-state index < -0.39 is 15.6 Å². The number of hydrogen-bond acceptors (Lipinski definition) is 5. The first kappa shape index (κ1) is 20.5. The Hall–Kier alpha value is -1.80. The Morgan fingerprint density at radius 1 is 1.15 bits per heavy atom. The smallest absolute Gasteiger partial charge is 0.410 e. The van der Waals surface area contributed by atoms with Crippen molar-refractivity contribution in [1.82, 2.24) is 9.21 Å². The number of ether oxygens (including phenoxy) is 1. The fourth-order valence-corrected chi connectivity index (χ4v) is 3.14. The molecule has 0 bridgehead atoms. The summed E-state index contributed by atoms with van der Waals surface area (Å²) >= 11 is 0. The molecule has 0 atom stereocenters. The average Bonchev–Trinajstić information content (AvgIpc) is 2.53. The Kier molecular flexibility index (Phi) is 6.18. The molecule has 1 aromatic carbocycles. The zero-order valence-corrected chi connectivity index (χ0v) is 17.0. The molecular formula is C18H29N3O4S. The van der Waals surface area contributed by atoms with E-state index in [9.17, 15) is 13.2 Å². The molecule has 8 heteroatoms. The predicted molar refractivity (Wildman–Crippen MR) is 103 cm³/mol. The van der Waals surface area contributed by atoms with Crippen molar-refractivity contribution >= 4 is 21.8 Å². The normalized spacial score (nSPS) is 16.1. The molecule has 1 saturated heterocycles. The number of hydrogen-bond donors (Lipinski definition) is 0. The van der Waals surface area contributed by atoms with E-state index in [1.54, 1.807) is 11.9 Å². The molecule has 0 aromatic heterocycles. The van der Waals surface area contributed by atoms with Crippen LogP contribution < -0.4 is 4.90 Å². The topological polar surface area (TPSA) is 70.2 Å². The summed E-state index contributed by atoms with van der Waals surface area (Å²) < 4.78 is 30.2. The molecule has 146 valence electrons. The minimum Gasteiger partial charge on any atom is -0.444 e. The van der Waals surface area contributed by atoms with E-state index >= 15 is 0 Å². The van der Waals surface area contributed by atoms with Gasteiger partial charge in [0, 0.05) is 45.5 Å². The largest absolute Gasteiger partial charge is 0.444 e. The monoisotopic (exact) mass is 383 g/mol. The Labute approximate surface area is 156 Å². The molecule has 0 aliphatic carbocycles. The number of rotatable bonds is 4. The number of carbonyl (C=O) groups excluding carboxylic acids is 1. The van der Waals surface area contributed by atoms with Gasteiger partial charge in [-0.15, -0.1) is 0 Å². The molecule has 1 aliphatic rings. The molecule has 7 nitrogen and oxygen atoms in total. The first-order valence-corrected chi connectivity index (χ1v) is 10.5. The van der Waals surface area contributed by atoms with Crippen molar-refractivity contribution in [2.75, 3.05) is 44.4 Å². The maximum Gasteiger partial charge on any atom is 0.410 e. The van der Waals surface area contributed by atoms with Crippen LogP contribution in [0.2, 0.25) is 0 Å². The quantitative estimate of drug-likeness (QED) is 0.797. The first-order valence-electron chi connectivity index (χ1n) is 8.69. The van der Waals surface area contributed by atoms with Crippen molar-refractivity contribution in [1.29, 1.82) is 0 Å². The molecular weight excluding hydrogens is 354 g/mol. The Balaban J connectivity index is 2.05. The Morgan fingerprint density at radius 3 is 2.27 bits per heavy atom. The number of piperazine rings is 1. The Bertz CT molecular complexity index is 735. The van der Waals surface area contributed by atoms with Crippen LogP contribution in [0.5, 0.6) is 0 Å². The lowest BCUT2D eigenvalue weighted by Gasteiger charge is -2.37. The lowest BCUT2D eigenvalue weighted by molar-refractivity contribution is 0.0240. The molecule has 0 unspecified atom stereocenters. The third-order valence-corrected chi connectivity index (χ3v) is 5.48. The highest BCUT2D eigenvalue weighted by atomic mass is 32.2. The van der Waals surface area contributed by atoms with Gasteiger partial charge in [-0.1, -0.05) is 18.2 Å². The second-order valence-corrected chi connectivity index (χ2v) is 9.69. The van der Waals surface area contributed by atoms with Gasteiger partial charge in [0.2, 0.25) is 10.0 Å². The van der Waals surface area contributed by atoms with Gasteiger partial charge in [0.1, 0.15) is 5.60 Å². The average molecular weight is 384 g/mol. The summed E-state index contributed by atoms with van der Waals surface area (Å²) in [4.78, 5) is 16.1. The van der Waals surface area contributed by atoms with Crippen LogP contribution in [-0.4, -0.2) is 68.8 Å². The van der Waals surface area contributed by atoms with Gasteiger partial charge in [-0.05, 0) is 32.4 Å². The van der Waals surface area contributed by atoms with Crippen molar-refractivity contribution < 1.29 is 17.9 Å². The summed E-state index contributed by atoms with van der Waals surface area (Å²) in [6.07, 6.45) is 0.914. The highest BCUT2D eigenvalue weighted by Crippen LogP contribution is 2.24. The second-order valence-electron chi connectivity index (χ2n) is 7.60. The van der Waals surface area contributed by atoms with Crippen molar-refractivity contribution in [3.63, 3.8) is 0 Å². The molecule has 1 heterocycles. The van der Waals surface area contributed by atoms with E-state index in [-0.39, 0.29) is 6.09 Å². The van der Waals surface area contributed by atoms with Gasteiger partial charge in [0.05, 0.1) is 6.26 Å². The number of carbonyl (C=O) groups is 1. The molecule has 0 radical (unpaired) electrons. The maximum absolute atomic E-state index is 12.2. The highest BCUT2D eigenvalue weighted by molar-refractivity contribution is 7.88. The molecule has 1 fully saturated rings. The second kappa shape index (κ2) is 7.84. The molecule has 1 aliphatic heterocycles. The van der Waals surface area contributed by atoms with Gasteiger partial charge in [-0.3, -0.25) is 0 Å². The summed E-state index contributed by atoms with van der Waals surface area (Å²) in [5, 5.41) is 0. The van der Waals surface area contributed by atoms with Crippen LogP contribution in [-0.2, 0) is 21.3 Å². The molecule has 2 rings (SSSR count). The molecule has 0 spiro atoms. The van der Waals surface area contributed by atoms with Gasteiger partial charge in [-0.25, -0.2) is 17.5 Å². The third kappa shape index (κ3) is 5.60. The number of anilines is 1. The fraction of sp³-hybridized carbons (Fsp3) is 0.611. The van der Waals surface area contributed by atoms with Gasteiger partial charge in [0.25, 0.3) is 0 Å². The number of benzene rings is 1. The first-order chi connectivity index (χ1) is 12.0. The van der Waals surface area contributed by atoms with Crippen LogP contribution in [0, 0.1) is 0 Å². The van der Waals surface area contributed by atoms with Crippen LogP contribution in [0.3, 0.4) is 0 Å². The summed E-state index contributed by atoms with van der Waals surface area (Å²) in [6.45, 7) is 8.40. The molecule has 26 heavy (non-hydrogen) atoms. The van der Waals surface area contributed by atoms with Crippen molar-refractivity contribution in [3.05, 3.63) is 29.8 Å². The lowest BCUT2D eigenvalue weighted by atomic mass is 10.1. The van der Waals surface area contributed by atoms with Gasteiger partial charge in [0.15, 0.2) is 0 Å². The standard InChI is InChI=1S/C18H29N3O4S/c1-18(2,3)25-17(22)21-12-10-20(11-13-21)16-9-7-6-8-15(16)14-19(4)26(5,23)24/h6-9H,10-14H2,1-5H3. The van der Waals surface area contributed by atoms with E-state index in [0.717, 1.165) is 11.3 Å². The minimum absolute atomic E-state index is 0.290. The van der Waals surface area contributed by atoms with E-state index in [1.807, 2.05) is 45.0 Å². The fourth-order valence-electron chi connectivity index (χ4n) is 2.77. The van der Waals surface area contributed by atoms with Crippen LogP contribution in [0.25, 0.3) is 0 Å². The van der Waals surface area contributed by atoms with Crippen LogP contribution in [0.15, 0.2) is 24.3 Å².